The summed E-state index contributed by atoms with van der Waals surface area (Å²) in [4.78, 5) is 29.3. The van der Waals surface area contributed by atoms with Gasteiger partial charge in [-0.25, -0.2) is 9.67 Å². The fraction of sp³-hybridized carbons (Fsp3) is 0.143. The second-order valence-corrected chi connectivity index (χ2v) is 7.70. The van der Waals surface area contributed by atoms with Crippen LogP contribution in [0.1, 0.15) is 36.9 Å². The van der Waals surface area contributed by atoms with Crippen molar-refractivity contribution in [2.24, 2.45) is 0 Å². The minimum atomic E-state index is -0.350. The number of amides is 2. The van der Waals surface area contributed by atoms with Crippen LogP contribution in [0.4, 0.5) is 5.00 Å². The summed E-state index contributed by atoms with van der Waals surface area (Å²) in [6.45, 7) is 2.85. The van der Waals surface area contributed by atoms with Crippen LogP contribution in [0.15, 0.2) is 65.8 Å². The zero-order valence-electron chi connectivity index (χ0n) is 16.2. The maximum atomic E-state index is 12.7. The molecule has 8 nitrogen and oxygen atoms in total. The second-order valence-electron chi connectivity index (χ2n) is 6.65. The number of carbonyl (C=O) groups is 2. The second kappa shape index (κ2) is 8.75. The highest BCUT2D eigenvalue weighted by Gasteiger charge is 2.16. The van der Waals surface area contributed by atoms with Gasteiger partial charge in [-0.15, -0.1) is 11.3 Å². The molecule has 9 heteroatoms. The molecule has 0 aliphatic carbocycles. The van der Waals surface area contributed by atoms with E-state index in [1.165, 1.54) is 23.9 Å². The van der Waals surface area contributed by atoms with Gasteiger partial charge in [-0.2, -0.15) is 5.10 Å². The van der Waals surface area contributed by atoms with Crippen LogP contribution in [-0.4, -0.2) is 26.6 Å². The maximum Gasteiger partial charge on any atom is 0.291 e. The zero-order chi connectivity index (χ0) is 20.9. The van der Waals surface area contributed by atoms with Gasteiger partial charge in [-0.1, -0.05) is 24.3 Å². The number of aryl methyl sites for hydroxylation is 1. The summed E-state index contributed by atoms with van der Waals surface area (Å²) in [7, 11) is 0. The van der Waals surface area contributed by atoms with Gasteiger partial charge in [0.1, 0.15) is 12.7 Å². The molecule has 4 rings (SSSR count). The van der Waals surface area contributed by atoms with E-state index >= 15 is 0 Å². The van der Waals surface area contributed by atoms with Crippen LogP contribution in [0.3, 0.4) is 0 Å². The van der Waals surface area contributed by atoms with Crippen molar-refractivity contribution in [3.63, 3.8) is 0 Å². The maximum absolute atomic E-state index is 12.7. The molecule has 0 saturated heterocycles. The lowest BCUT2D eigenvalue weighted by molar-refractivity contribution is 0.0953. The molecule has 0 fully saturated rings. The van der Waals surface area contributed by atoms with Crippen molar-refractivity contribution < 1.29 is 14.0 Å². The molecule has 0 atom stereocenters. The first kappa shape index (κ1) is 19.6. The lowest BCUT2D eigenvalue weighted by Crippen LogP contribution is -2.22. The summed E-state index contributed by atoms with van der Waals surface area (Å²) < 4.78 is 6.83. The Morgan fingerprint density at radius 2 is 2.00 bits per heavy atom. The SMILES string of the molecule is Cc1cc(NC(=O)c2ccco2)sc1C(=O)NCc1cccc(Cn2cncn2)c1. The summed E-state index contributed by atoms with van der Waals surface area (Å²) in [6, 6.07) is 12.9. The standard InChI is InChI=1S/C21H19N5O3S/c1-14-8-18(25-20(27)17-6-3-7-29-17)30-19(14)21(28)23-10-15-4-2-5-16(9-15)11-26-13-22-12-24-26/h2-9,12-13H,10-11H2,1H3,(H,23,28)(H,25,27). The predicted octanol–water partition coefficient (Wildman–Crippen LogP) is 3.47. The van der Waals surface area contributed by atoms with Crippen molar-refractivity contribution in [1.29, 1.82) is 0 Å². The molecule has 1 aromatic carbocycles. The lowest BCUT2D eigenvalue weighted by atomic mass is 10.1. The summed E-state index contributed by atoms with van der Waals surface area (Å²) >= 11 is 1.23. The highest BCUT2D eigenvalue weighted by molar-refractivity contribution is 7.18. The summed E-state index contributed by atoms with van der Waals surface area (Å²) in [5.74, 6) is -0.312. The van der Waals surface area contributed by atoms with Crippen LogP contribution in [0.5, 0.6) is 0 Å². The zero-order valence-corrected chi connectivity index (χ0v) is 17.0. The molecular weight excluding hydrogens is 402 g/mol. The van der Waals surface area contributed by atoms with Crippen LogP contribution in [0, 0.1) is 6.92 Å². The van der Waals surface area contributed by atoms with Crippen LogP contribution in [-0.2, 0) is 13.1 Å². The number of nitrogens with zero attached hydrogens (tertiary/aromatic N) is 3. The topological polar surface area (TPSA) is 102 Å². The van der Waals surface area contributed by atoms with Crippen LogP contribution >= 0.6 is 11.3 Å². The predicted molar refractivity (Wildman–Crippen MR) is 112 cm³/mol. The molecule has 0 saturated carbocycles. The Hall–Kier alpha value is -3.72. The molecule has 152 valence electrons. The molecule has 2 amide bonds. The molecular formula is C21H19N5O3S. The van der Waals surface area contributed by atoms with Crippen molar-refractivity contribution >= 4 is 28.2 Å². The Kier molecular flexibility index (Phi) is 5.71. The molecule has 3 aromatic heterocycles. The Bertz CT molecular complexity index is 1150. The number of aromatic nitrogens is 3. The van der Waals surface area contributed by atoms with Gasteiger partial charge in [0, 0.05) is 6.54 Å². The van der Waals surface area contributed by atoms with E-state index < -0.39 is 0 Å². The third-order valence-electron chi connectivity index (χ3n) is 4.36. The number of hydrogen-bond acceptors (Lipinski definition) is 6. The Balaban J connectivity index is 1.37. The molecule has 4 aromatic rings. The van der Waals surface area contributed by atoms with Gasteiger partial charge in [0.25, 0.3) is 11.8 Å². The van der Waals surface area contributed by atoms with E-state index in [4.69, 9.17) is 4.42 Å². The lowest BCUT2D eigenvalue weighted by Gasteiger charge is -2.07. The molecule has 0 spiro atoms. The third-order valence-corrected chi connectivity index (χ3v) is 5.51. The first-order valence-corrected chi connectivity index (χ1v) is 10.0. The average molecular weight is 421 g/mol. The van der Waals surface area contributed by atoms with Gasteiger partial charge in [-0.05, 0) is 41.8 Å². The number of carbonyl (C=O) groups excluding carboxylic acids is 2. The molecule has 0 bridgehead atoms. The molecule has 2 N–H and O–H groups in total. The number of furan rings is 1. The number of rotatable bonds is 7. The molecule has 0 aliphatic heterocycles. The number of benzene rings is 1. The van der Waals surface area contributed by atoms with Gasteiger partial charge in [0.2, 0.25) is 0 Å². The third kappa shape index (κ3) is 4.64. The summed E-state index contributed by atoms with van der Waals surface area (Å²) in [5, 5.41) is 10.4. The van der Waals surface area contributed by atoms with Crippen molar-refractivity contribution in [2.75, 3.05) is 5.32 Å². The fourth-order valence-corrected chi connectivity index (χ4v) is 3.94. The first-order chi connectivity index (χ1) is 14.6. The molecule has 0 aliphatic rings. The van der Waals surface area contributed by atoms with Crippen molar-refractivity contribution in [1.82, 2.24) is 20.1 Å². The quantitative estimate of drug-likeness (QED) is 0.476. The van der Waals surface area contributed by atoms with E-state index in [-0.39, 0.29) is 17.6 Å². The first-order valence-electron chi connectivity index (χ1n) is 9.22. The summed E-state index contributed by atoms with van der Waals surface area (Å²) in [6.07, 6.45) is 4.60. The Morgan fingerprint density at radius 1 is 1.13 bits per heavy atom. The van der Waals surface area contributed by atoms with Gasteiger partial charge in [-0.3, -0.25) is 9.59 Å². The monoisotopic (exact) mass is 421 g/mol. The molecule has 0 radical (unpaired) electrons. The van der Waals surface area contributed by atoms with E-state index in [1.54, 1.807) is 29.2 Å². The number of thiophene rings is 1. The van der Waals surface area contributed by atoms with Crippen molar-refractivity contribution in [3.8, 4) is 0 Å². The Morgan fingerprint density at radius 3 is 2.77 bits per heavy atom. The van der Waals surface area contributed by atoms with E-state index in [0.717, 1.165) is 16.7 Å². The van der Waals surface area contributed by atoms with Crippen LogP contribution in [0.25, 0.3) is 0 Å². The number of nitrogens with one attached hydrogen (secondary N) is 2. The largest absolute Gasteiger partial charge is 0.459 e. The molecule has 0 unspecified atom stereocenters. The minimum Gasteiger partial charge on any atom is -0.459 e. The molecule has 3 heterocycles. The van der Waals surface area contributed by atoms with Gasteiger partial charge < -0.3 is 15.1 Å². The van der Waals surface area contributed by atoms with Crippen LogP contribution < -0.4 is 10.6 Å². The van der Waals surface area contributed by atoms with E-state index in [0.29, 0.717) is 23.0 Å². The number of hydrogen-bond donors (Lipinski definition) is 2. The van der Waals surface area contributed by atoms with E-state index in [9.17, 15) is 9.59 Å². The van der Waals surface area contributed by atoms with Gasteiger partial charge in [0.05, 0.1) is 22.7 Å². The van der Waals surface area contributed by atoms with E-state index in [2.05, 4.69) is 20.7 Å². The van der Waals surface area contributed by atoms with Gasteiger partial charge >= 0.3 is 0 Å². The Labute approximate surface area is 176 Å². The highest BCUT2D eigenvalue weighted by Crippen LogP contribution is 2.27. The van der Waals surface area contributed by atoms with Crippen molar-refractivity contribution in [2.45, 2.75) is 20.0 Å². The number of anilines is 1. The molecule has 30 heavy (non-hydrogen) atoms. The minimum absolute atomic E-state index is 0.183. The van der Waals surface area contributed by atoms with E-state index in [1.807, 2.05) is 31.2 Å². The van der Waals surface area contributed by atoms with Gasteiger partial charge in [0.15, 0.2) is 5.76 Å². The highest BCUT2D eigenvalue weighted by atomic mass is 32.1. The fourth-order valence-electron chi connectivity index (χ4n) is 2.95. The van der Waals surface area contributed by atoms with Crippen LogP contribution in [0.2, 0.25) is 0 Å². The summed E-state index contributed by atoms with van der Waals surface area (Å²) in [5.41, 5.74) is 2.86. The van der Waals surface area contributed by atoms with Crippen molar-refractivity contribution in [3.05, 3.63) is 88.7 Å². The average Bonchev–Trinajstić information content (AvgIpc) is 3.49. The smallest absolute Gasteiger partial charge is 0.291 e. The normalized spacial score (nSPS) is 10.7.